The maximum atomic E-state index is 12.2. The summed E-state index contributed by atoms with van der Waals surface area (Å²) < 4.78 is 16.3. The molecule has 0 fully saturated rings. The van der Waals surface area contributed by atoms with Gasteiger partial charge in [0.25, 0.3) is 11.8 Å². The predicted octanol–water partition coefficient (Wildman–Crippen LogP) is 3.53. The monoisotopic (exact) mass is 465 g/mol. The molecule has 0 spiro atoms. The fraction of sp³-hybridized carbons (Fsp3) is 0.125. The van der Waals surface area contributed by atoms with Crippen LogP contribution in [0.4, 0.5) is 0 Å². The fourth-order valence-electron chi connectivity index (χ4n) is 3.00. The molecule has 1 aliphatic rings. The van der Waals surface area contributed by atoms with Gasteiger partial charge in [-0.2, -0.15) is 5.10 Å². The molecule has 2 amide bonds. The van der Waals surface area contributed by atoms with Gasteiger partial charge in [-0.3, -0.25) is 9.59 Å². The highest BCUT2D eigenvalue weighted by atomic mass is 35.5. The summed E-state index contributed by atoms with van der Waals surface area (Å²) in [7, 11) is 0. The van der Waals surface area contributed by atoms with Crippen LogP contribution in [0.25, 0.3) is 0 Å². The first-order chi connectivity index (χ1) is 16.1. The number of nitrogens with zero attached hydrogens (tertiary/aromatic N) is 1. The van der Waals surface area contributed by atoms with E-state index in [1.54, 1.807) is 36.4 Å². The summed E-state index contributed by atoms with van der Waals surface area (Å²) >= 11 is 6.17. The Hall–Kier alpha value is -4.04. The highest BCUT2D eigenvalue weighted by molar-refractivity contribution is 6.31. The van der Waals surface area contributed by atoms with Gasteiger partial charge in [-0.15, -0.1) is 0 Å². The topological polar surface area (TPSA) is 98.3 Å². The van der Waals surface area contributed by atoms with Gasteiger partial charge < -0.3 is 19.5 Å². The third-order valence-electron chi connectivity index (χ3n) is 4.70. The van der Waals surface area contributed by atoms with Crippen LogP contribution in [-0.2, 0) is 11.4 Å². The van der Waals surface area contributed by atoms with Crippen molar-refractivity contribution in [1.82, 2.24) is 10.7 Å². The van der Waals surface area contributed by atoms with E-state index < -0.39 is 11.8 Å². The maximum Gasteiger partial charge on any atom is 0.259 e. The van der Waals surface area contributed by atoms with Crippen molar-refractivity contribution >= 4 is 29.6 Å². The molecule has 0 aliphatic carbocycles. The summed E-state index contributed by atoms with van der Waals surface area (Å²) in [6.07, 6.45) is 1.47. The van der Waals surface area contributed by atoms with Crippen molar-refractivity contribution in [2.75, 3.05) is 13.3 Å². The van der Waals surface area contributed by atoms with E-state index in [0.717, 1.165) is 5.56 Å². The van der Waals surface area contributed by atoms with E-state index in [-0.39, 0.29) is 13.3 Å². The zero-order chi connectivity index (χ0) is 23.0. The molecule has 0 atom stereocenters. The molecule has 3 aromatic carbocycles. The molecule has 0 bridgehead atoms. The molecule has 168 valence electrons. The lowest BCUT2D eigenvalue weighted by Gasteiger charge is -2.10. The van der Waals surface area contributed by atoms with Crippen molar-refractivity contribution in [3.05, 3.63) is 88.4 Å². The minimum Gasteiger partial charge on any atom is -0.488 e. The van der Waals surface area contributed by atoms with Crippen molar-refractivity contribution < 1.29 is 23.8 Å². The fourth-order valence-corrected chi connectivity index (χ4v) is 3.19. The van der Waals surface area contributed by atoms with Gasteiger partial charge in [0.15, 0.2) is 11.5 Å². The summed E-state index contributed by atoms with van der Waals surface area (Å²) in [5.74, 6) is 0.772. The number of fused-ring (bicyclic) bond motifs is 1. The SMILES string of the molecule is O=C(CNC(=O)c1ccc2c(c1)OCO2)NN=Cc1ccccc1OCc1ccccc1Cl. The predicted molar refractivity (Wildman–Crippen MR) is 123 cm³/mol. The maximum absolute atomic E-state index is 12.2. The van der Waals surface area contributed by atoms with Crippen LogP contribution < -0.4 is 25.0 Å². The standard InChI is InChI=1S/C24H20ClN3O5/c25-19-7-3-1-6-18(19)14-31-20-8-4-2-5-17(20)12-27-28-23(29)13-26-24(30)16-9-10-21-22(11-16)33-15-32-21/h1-12H,13-15H2,(H,26,30)(H,28,29). The van der Waals surface area contributed by atoms with Crippen LogP contribution >= 0.6 is 11.6 Å². The zero-order valence-electron chi connectivity index (χ0n) is 17.4. The van der Waals surface area contributed by atoms with Gasteiger partial charge in [-0.25, -0.2) is 5.43 Å². The van der Waals surface area contributed by atoms with E-state index in [9.17, 15) is 9.59 Å². The number of hydrogen-bond acceptors (Lipinski definition) is 6. The molecule has 9 heteroatoms. The van der Waals surface area contributed by atoms with Crippen LogP contribution in [0.15, 0.2) is 71.8 Å². The molecule has 3 aromatic rings. The molecule has 8 nitrogen and oxygen atoms in total. The second-order valence-corrected chi connectivity index (χ2v) is 7.37. The summed E-state index contributed by atoms with van der Waals surface area (Å²) in [6.45, 7) is 0.174. The third-order valence-corrected chi connectivity index (χ3v) is 5.07. The number of hydrazone groups is 1. The van der Waals surface area contributed by atoms with Gasteiger partial charge in [0.1, 0.15) is 12.4 Å². The Kier molecular flexibility index (Phi) is 7.06. The van der Waals surface area contributed by atoms with Gasteiger partial charge in [0, 0.05) is 21.7 Å². The number of carbonyl (C=O) groups excluding carboxylic acids is 2. The lowest BCUT2D eigenvalue weighted by atomic mass is 10.2. The molecular formula is C24H20ClN3O5. The van der Waals surface area contributed by atoms with Crippen LogP contribution in [0.3, 0.4) is 0 Å². The number of halogens is 1. The Labute approximate surface area is 195 Å². The van der Waals surface area contributed by atoms with Crippen LogP contribution in [0.2, 0.25) is 5.02 Å². The molecule has 0 aromatic heterocycles. The smallest absolute Gasteiger partial charge is 0.259 e. The van der Waals surface area contributed by atoms with Crippen LogP contribution in [0, 0.1) is 0 Å². The minimum atomic E-state index is -0.477. The number of para-hydroxylation sites is 1. The number of rotatable bonds is 8. The van der Waals surface area contributed by atoms with Crippen LogP contribution in [-0.4, -0.2) is 31.4 Å². The van der Waals surface area contributed by atoms with Crippen LogP contribution in [0.5, 0.6) is 17.2 Å². The van der Waals surface area contributed by atoms with E-state index in [1.165, 1.54) is 6.21 Å². The first-order valence-corrected chi connectivity index (χ1v) is 10.4. The third kappa shape index (κ3) is 5.81. The lowest BCUT2D eigenvalue weighted by molar-refractivity contribution is -0.120. The number of carbonyl (C=O) groups is 2. The first kappa shape index (κ1) is 22.2. The molecule has 33 heavy (non-hydrogen) atoms. The van der Waals surface area contributed by atoms with E-state index in [0.29, 0.717) is 40.0 Å². The van der Waals surface area contributed by atoms with Crippen molar-refractivity contribution in [3.8, 4) is 17.2 Å². The van der Waals surface area contributed by atoms with Gasteiger partial charge in [-0.05, 0) is 36.4 Å². The van der Waals surface area contributed by atoms with Crippen LogP contribution in [0.1, 0.15) is 21.5 Å². The van der Waals surface area contributed by atoms with E-state index in [4.69, 9.17) is 25.8 Å². The van der Waals surface area contributed by atoms with E-state index in [2.05, 4.69) is 15.8 Å². The summed E-state index contributed by atoms with van der Waals surface area (Å²) in [6, 6.07) is 19.5. The highest BCUT2D eigenvalue weighted by Crippen LogP contribution is 2.32. The van der Waals surface area contributed by atoms with E-state index in [1.807, 2.05) is 30.3 Å². The molecule has 0 radical (unpaired) electrons. The van der Waals surface area contributed by atoms with Gasteiger partial charge in [0.2, 0.25) is 6.79 Å². The molecule has 4 rings (SSSR count). The minimum absolute atomic E-state index is 0.120. The Bertz CT molecular complexity index is 1200. The Morgan fingerprint density at radius 3 is 2.70 bits per heavy atom. The second kappa shape index (κ2) is 10.5. The molecule has 0 saturated heterocycles. The molecule has 1 heterocycles. The van der Waals surface area contributed by atoms with Crippen molar-refractivity contribution in [3.63, 3.8) is 0 Å². The quantitative estimate of drug-likeness (QED) is 0.392. The van der Waals surface area contributed by atoms with Gasteiger partial charge in [0.05, 0.1) is 12.8 Å². The Balaban J connectivity index is 1.28. The van der Waals surface area contributed by atoms with Crippen molar-refractivity contribution in [2.45, 2.75) is 6.61 Å². The largest absolute Gasteiger partial charge is 0.488 e. The summed E-state index contributed by atoms with van der Waals surface area (Å²) in [5, 5.41) is 7.11. The normalized spacial score (nSPS) is 11.9. The van der Waals surface area contributed by atoms with Crippen molar-refractivity contribution in [1.29, 1.82) is 0 Å². The zero-order valence-corrected chi connectivity index (χ0v) is 18.2. The molecule has 2 N–H and O–H groups in total. The Morgan fingerprint density at radius 1 is 1.03 bits per heavy atom. The molecule has 0 unspecified atom stereocenters. The second-order valence-electron chi connectivity index (χ2n) is 6.96. The van der Waals surface area contributed by atoms with E-state index >= 15 is 0 Å². The number of benzene rings is 3. The average Bonchev–Trinajstić information content (AvgIpc) is 3.31. The highest BCUT2D eigenvalue weighted by Gasteiger charge is 2.16. The molecule has 0 saturated carbocycles. The number of ether oxygens (including phenoxy) is 3. The summed E-state index contributed by atoms with van der Waals surface area (Å²) in [4.78, 5) is 24.3. The van der Waals surface area contributed by atoms with Gasteiger partial charge >= 0.3 is 0 Å². The first-order valence-electron chi connectivity index (χ1n) is 10.0. The number of amides is 2. The molecular weight excluding hydrogens is 446 g/mol. The Morgan fingerprint density at radius 2 is 1.82 bits per heavy atom. The van der Waals surface area contributed by atoms with Gasteiger partial charge in [-0.1, -0.05) is 41.9 Å². The molecule has 1 aliphatic heterocycles. The summed E-state index contributed by atoms with van der Waals surface area (Å²) in [5.41, 5.74) is 4.28. The lowest BCUT2D eigenvalue weighted by Crippen LogP contribution is -2.34. The average molecular weight is 466 g/mol. The number of hydrogen-bond donors (Lipinski definition) is 2. The van der Waals surface area contributed by atoms with Crippen molar-refractivity contribution in [2.24, 2.45) is 5.10 Å². The number of nitrogens with one attached hydrogen (secondary N) is 2.